The average molecular weight is 283 g/mol. The maximum Gasteiger partial charge on any atom is 0.433 e. The second kappa shape index (κ2) is 5.85. The Balaban J connectivity index is 2.72. The first-order valence-electron chi connectivity index (χ1n) is 4.89. The standard InChI is InChI=1S/C9H10ClF3N4O/c1-14-7(18)2-3-15-6-4-5(9(11,12)13)16-8(10)17-6/h4H,2-3H2,1H3,(H,14,18)(H,15,16,17). The summed E-state index contributed by atoms with van der Waals surface area (Å²) in [5.74, 6) is -0.315. The zero-order valence-electron chi connectivity index (χ0n) is 9.31. The van der Waals surface area contributed by atoms with E-state index in [1.165, 1.54) is 7.05 Å². The lowest BCUT2D eigenvalue weighted by Gasteiger charge is -2.09. The van der Waals surface area contributed by atoms with Crippen molar-refractivity contribution < 1.29 is 18.0 Å². The summed E-state index contributed by atoms with van der Waals surface area (Å²) in [7, 11) is 1.46. The van der Waals surface area contributed by atoms with Crippen LogP contribution in [-0.2, 0) is 11.0 Å². The number of aromatic nitrogens is 2. The summed E-state index contributed by atoms with van der Waals surface area (Å²) in [6.45, 7) is 0.143. The first kappa shape index (κ1) is 14.5. The first-order chi connectivity index (χ1) is 8.32. The fourth-order valence-corrected chi connectivity index (χ4v) is 1.26. The molecule has 1 heterocycles. The predicted octanol–water partition coefficient (Wildman–Crippen LogP) is 1.70. The number of alkyl halides is 3. The molecule has 0 aromatic carbocycles. The number of hydrogen-bond donors (Lipinski definition) is 2. The molecule has 0 aliphatic carbocycles. The molecule has 1 aromatic rings. The Morgan fingerprint density at radius 2 is 2.11 bits per heavy atom. The molecule has 0 aliphatic heterocycles. The maximum atomic E-state index is 12.4. The molecule has 5 nitrogen and oxygen atoms in total. The summed E-state index contributed by atoms with van der Waals surface area (Å²) in [5, 5.41) is 4.44. The molecule has 100 valence electrons. The van der Waals surface area contributed by atoms with Crippen molar-refractivity contribution in [1.82, 2.24) is 15.3 Å². The molecular formula is C9H10ClF3N4O. The van der Waals surface area contributed by atoms with Gasteiger partial charge in [0.2, 0.25) is 11.2 Å². The fourth-order valence-electron chi connectivity index (χ4n) is 1.08. The van der Waals surface area contributed by atoms with E-state index < -0.39 is 17.2 Å². The smallest absolute Gasteiger partial charge is 0.369 e. The van der Waals surface area contributed by atoms with Crippen LogP contribution in [0.3, 0.4) is 0 Å². The molecule has 0 aliphatic rings. The van der Waals surface area contributed by atoms with Crippen LogP contribution in [0, 0.1) is 0 Å². The second-order valence-corrected chi connectivity index (χ2v) is 3.59. The third-order valence-electron chi connectivity index (χ3n) is 1.93. The van der Waals surface area contributed by atoms with Crippen molar-refractivity contribution in [2.45, 2.75) is 12.6 Å². The molecule has 0 atom stereocenters. The van der Waals surface area contributed by atoms with E-state index in [-0.39, 0.29) is 24.7 Å². The van der Waals surface area contributed by atoms with Crippen LogP contribution in [0.5, 0.6) is 0 Å². The van der Waals surface area contributed by atoms with E-state index in [1.807, 2.05) is 0 Å². The minimum absolute atomic E-state index is 0.0776. The van der Waals surface area contributed by atoms with Crippen LogP contribution in [-0.4, -0.2) is 29.5 Å². The molecule has 0 spiro atoms. The molecule has 0 saturated heterocycles. The van der Waals surface area contributed by atoms with Crippen LogP contribution in [0.1, 0.15) is 12.1 Å². The van der Waals surface area contributed by atoms with Gasteiger partial charge in [-0.05, 0) is 11.6 Å². The molecule has 0 radical (unpaired) electrons. The lowest BCUT2D eigenvalue weighted by Crippen LogP contribution is -2.21. The average Bonchev–Trinajstić information content (AvgIpc) is 2.27. The van der Waals surface area contributed by atoms with Crippen LogP contribution in [0.15, 0.2) is 6.07 Å². The van der Waals surface area contributed by atoms with E-state index in [0.29, 0.717) is 0 Å². The summed E-state index contributed by atoms with van der Waals surface area (Å²) < 4.78 is 37.2. The molecule has 9 heteroatoms. The van der Waals surface area contributed by atoms with Crippen molar-refractivity contribution in [2.24, 2.45) is 0 Å². The Morgan fingerprint density at radius 1 is 1.44 bits per heavy atom. The van der Waals surface area contributed by atoms with Gasteiger partial charge in [0.1, 0.15) is 5.82 Å². The summed E-state index contributed by atoms with van der Waals surface area (Å²) in [5.41, 5.74) is -1.13. The Hall–Kier alpha value is -1.57. The van der Waals surface area contributed by atoms with Crippen molar-refractivity contribution in [3.8, 4) is 0 Å². The van der Waals surface area contributed by atoms with Gasteiger partial charge in [0, 0.05) is 26.1 Å². The highest BCUT2D eigenvalue weighted by atomic mass is 35.5. The highest BCUT2D eigenvalue weighted by molar-refractivity contribution is 6.28. The molecule has 0 saturated carbocycles. The highest BCUT2D eigenvalue weighted by Crippen LogP contribution is 2.29. The summed E-state index contributed by atoms with van der Waals surface area (Å²) in [4.78, 5) is 17.6. The minimum Gasteiger partial charge on any atom is -0.369 e. The topological polar surface area (TPSA) is 66.9 Å². The van der Waals surface area contributed by atoms with Crippen molar-refractivity contribution in [2.75, 3.05) is 18.9 Å². The predicted molar refractivity (Wildman–Crippen MR) is 59.2 cm³/mol. The molecular weight excluding hydrogens is 273 g/mol. The van der Waals surface area contributed by atoms with Crippen LogP contribution in [0.2, 0.25) is 5.28 Å². The van der Waals surface area contributed by atoms with E-state index >= 15 is 0 Å². The number of carbonyl (C=O) groups is 1. The molecule has 1 aromatic heterocycles. The van der Waals surface area contributed by atoms with Crippen molar-refractivity contribution in [3.63, 3.8) is 0 Å². The Bertz CT molecular complexity index is 438. The maximum absolute atomic E-state index is 12.4. The fraction of sp³-hybridized carbons (Fsp3) is 0.444. The molecule has 1 rings (SSSR count). The van der Waals surface area contributed by atoms with Gasteiger partial charge in [0.15, 0.2) is 5.69 Å². The van der Waals surface area contributed by atoms with Gasteiger partial charge in [-0.25, -0.2) is 9.97 Å². The molecule has 0 unspecified atom stereocenters. The van der Waals surface area contributed by atoms with E-state index in [2.05, 4.69) is 20.6 Å². The second-order valence-electron chi connectivity index (χ2n) is 3.26. The molecule has 2 N–H and O–H groups in total. The number of nitrogens with one attached hydrogen (secondary N) is 2. The van der Waals surface area contributed by atoms with Gasteiger partial charge in [0.05, 0.1) is 0 Å². The number of carbonyl (C=O) groups excluding carboxylic acids is 1. The van der Waals surface area contributed by atoms with Gasteiger partial charge >= 0.3 is 6.18 Å². The number of nitrogens with zero attached hydrogens (tertiary/aromatic N) is 2. The van der Waals surface area contributed by atoms with E-state index in [4.69, 9.17) is 11.6 Å². The first-order valence-corrected chi connectivity index (χ1v) is 5.27. The summed E-state index contributed by atoms with van der Waals surface area (Å²) >= 11 is 5.38. The van der Waals surface area contributed by atoms with Crippen molar-refractivity contribution >= 4 is 23.3 Å². The number of amides is 1. The van der Waals surface area contributed by atoms with Gasteiger partial charge in [-0.1, -0.05) is 0 Å². The third kappa shape index (κ3) is 4.36. The normalized spacial score (nSPS) is 11.2. The quantitative estimate of drug-likeness (QED) is 0.825. The Kier molecular flexibility index (Phi) is 4.71. The minimum atomic E-state index is -4.59. The van der Waals surface area contributed by atoms with Crippen molar-refractivity contribution in [3.05, 3.63) is 17.0 Å². The zero-order valence-corrected chi connectivity index (χ0v) is 10.1. The summed E-state index contributed by atoms with van der Waals surface area (Å²) in [6, 6.07) is 0.732. The number of rotatable bonds is 4. The van der Waals surface area contributed by atoms with Crippen LogP contribution in [0.4, 0.5) is 19.0 Å². The van der Waals surface area contributed by atoms with E-state index in [9.17, 15) is 18.0 Å². The van der Waals surface area contributed by atoms with Gasteiger partial charge < -0.3 is 10.6 Å². The third-order valence-corrected chi connectivity index (χ3v) is 2.10. The van der Waals surface area contributed by atoms with Gasteiger partial charge in [-0.2, -0.15) is 13.2 Å². The Morgan fingerprint density at radius 3 is 2.67 bits per heavy atom. The van der Waals surface area contributed by atoms with Crippen molar-refractivity contribution in [1.29, 1.82) is 0 Å². The lowest BCUT2D eigenvalue weighted by atomic mass is 10.3. The van der Waals surface area contributed by atoms with Gasteiger partial charge in [0.25, 0.3) is 0 Å². The van der Waals surface area contributed by atoms with Crippen LogP contribution < -0.4 is 10.6 Å². The van der Waals surface area contributed by atoms with Gasteiger partial charge in [-0.15, -0.1) is 0 Å². The SMILES string of the molecule is CNC(=O)CCNc1cc(C(F)(F)F)nc(Cl)n1. The Labute approximate surface area is 106 Å². The largest absolute Gasteiger partial charge is 0.433 e. The van der Waals surface area contributed by atoms with E-state index in [1.54, 1.807) is 0 Å². The number of halogens is 4. The zero-order chi connectivity index (χ0) is 13.8. The molecule has 1 amide bonds. The number of anilines is 1. The summed E-state index contributed by atoms with van der Waals surface area (Å²) in [6.07, 6.45) is -4.48. The molecule has 18 heavy (non-hydrogen) atoms. The van der Waals surface area contributed by atoms with Crippen LogP contribution in [0.25, 0.3) is 0 Å². The highest BCUT2D eigenvalue weighted by Gasteiger charge is 2.33. The monoisotopic (exact) mass is 282 g/mol. The number of hydrogen-bond acceptors (Lipinski definition) is 4. The lowest BCUT2D eigenvalue weighted by molar-refractivity contribution is -0.141. The molecule has 0 bridgehead atoms. The van der Waals surface area contributed by atoms with E-state index in [0.717, 1.165) is 6.07 Å². The molecule has 0 fully saturated rings. The van der Waals surface area contributed by atoms with Crippen LogP contribution >= 0.6 is 11.6 Å². The van der Waals surface area contributed by atoms with Gasteiger partial charge in [-0.3, -0.25) is 4.79 Å².